The van der Waals surface area contributed by atoms with Gasteiger partial charge in [-0.15, -0.1) is 0 Å². The maximum atomic E-state index is 4.73. The highest BCUT2D eigenvalue weighted by Crippen LogP contribution is 2.39. The first kappa shape index (κ1) is 16.1. The Morgan fingerprint density at radius 3 is 2.43 bits per heavy atom. The van der Waals surface area contributed by atoms with E-state index in [1.165, 1.54) is 24.8 Å². The Balaban J connectivity index is 2.26. The first-order valence-electron chi connectivity index (χ1n) is 8.39. The zero-order valence-electron chi connectivity index (χ0n) is 14.3. The van der Waals surface area contributed by atoms with Gasteiger partial charge in [0.05, 0.1) is 0 Å². The summed E-state index contributed by atoms with van der Waals surface area (Å²) in [6, 6.07) is 0. The van der Waals surface area contributed by atoms with E-state index in [-0.39, 0.29) is 0 Å². The van der Waals surface area contributed by atoms with Gasteiger partial charge in [0.25, 0.3) is 0 Å². The largest absolute Gasteiger partial charge is 0.370 e. The van der Waals surface area contributed by atoms with E-state index >= 15 is 0 Å². The Labute approximate surface area is 129 Å². The molecule has 2 rings (SSSR count). The van der Waals surface area contributed by atoms with Gasteiger partial charge in [-0.2, -0.15) is 0 Å². The minimum Gasteiger partial charge on any atom is -0.370 e. The van der Waals surface area contributed by atoms with Gasteiger partial charge < -0.3 is 10.2 Å². The number of rotatable bonds is 6. The second kappa shape index (κ2) is 6.63. The molecule has 0 aromatic carbocycles. The average molecular weight is 290 g/mol. The van der Waals surface area contributed by atoms with E-state index in [9.17, 15) is 0 Å². The van der Waals surface area contributed by atoms with Crippen molar-refractivity contribution in [2.24, 2.45) is 5.41 Å². The fourth-order valence-electron chi connectivity index (χ4n) is 3.28. The van der Waals surface area contributed by atoms with Gasteiger partial charge in [-0.25, -0.2) is 9.97 Å². The predicted octanol–water partition coefficient (Wildman–Crippen LogP) is 3.93. The molecular formula is C17H30N4. The maximum Gasteiger partial charge on any atom is 0.137 e. The molecule has 1 aliphatic rings. The van der Waals surface area contributed by atoms with Gasteiger partial charge in [0.2, 0.25) is 0 Å². The number of hydrogen-bond acceptors (Lipinski definition) is 4. The van der Waals surface area contributed by atoms with Gasteiger partial charge in [0.15, 0.2) is 0 Å². The molecule has 2 heterocycles. The molecule has 1 N–H and O–H groups in total. The Kier molecular flexibility index (Phi) is 5.07. The molecular weight excluding hydrogens is 260 g/mol. The molecule has 1 fully saturated rings. The molecule has 4 heteroatoms. The molecule has 1 aromatic rings. The third-order valence-electron chi connectivity index (χ3n) is 5.01. The summed E-state index contributed by atoms with van der Waals surface area (Å²) in [5, 5.41) is 3.44. The van der Waals surface area contributed by atoms with Crippen molar-refractivity contribution >= 4 is 11.6 Å². The summed E-state index contributed by atoms with van der Waals surface area (Å²) < 4.78 is 0. The van der Waals surface area contributed by atoms with E-state index in [0.29, 0.717) is 5.41 Å². The fraction of sp³-hybridized carbons (Fsp3) is 0.765. The van der Waals surface area contributed by atoms with Crippen LogP contribution in [0.1, 0.15) is 57.8 Å². The zero-order valence-corrected chi connectivity index (χ0v) is 14.3. The third kappa shape index (κ3) is 3.30. The molecule has 4 nitrogen and oxygen atoms in total. The quantitative estimate of drug-likeness (QED) is 0.862. The topological polar surface area (TPSA) is 41.1 Å². The predicted molar refractivity (Wildman–Crippen MR) is 90.1 cm³/mol. The lowest BCUT2D eigenvalue weighted by molar-refractivity contribution is 0.301. The molecule has 0 atom stereocenters. The van der Waals surface area contributed by atoms with Crippen LogP contribution in [0.25, 0.3) is 0 Å². The second-order valence-electron chi connectivity index (χ2n) is 6.37. The van der Waals surface area contributed by atoms with Crippen LogP contribution in [0, 0.1) is 19.3 Å². The summed E-state index contributed by atoms with van der Waals surface area (Å²) in [6.45, 7) is 14.2. The average Bonchev–Trinajstić information content (AvgIpc) is 2.92. The Morgan fingerprint density at radius 1 is 1.14 bits per heavy atom. The normalized spacial score (nSPS) is 17.3. The number of aromatic nitrogens is 2. The van der Waals surface area contributed by atoms with Crippen molar-refractivity contribution in [3.8, 4) is 0 Å². The number of anilines is 2. The van der Waals surface area contributed by atoms with Crippen molar-refractivity contribution in [2.45, 2.75) is 60.3 Å². The first-order valence-corrected chi connectivity index (χ1v) is 8.39. The highest BCUT2D eigenvalue weighted by atomic mass is 15.2. The molecule has 0 amide bonds. The Morgan fingerprint density at radius 2 is 1.86 bits per heavy atom. The number of nitrogens with one attached hydrogen (secondary N) is 1. The van der Waals surface area contributed by atoms with Gasteiger partial charge in [-0.1, -0.05) is 20.8 Å². The van der Waals surface area contributed by atoms with E-state index in [4.69, 9.17) is 4.98 Å². The van der Waals surface area contributed by atoms with Crippen molar-refractivity contribution in [1.29, 1.82) is 0 Å². The molecule has 0 spiro atoms. The standard InChI is InChI=1S/C17H30N4/c1-6-10-18-15-13(4)16(20-14(5)19-15)21-11-9-17(7-2,8-3)12-21/h6-12H2,1-5H3,(H,18,19,20). The van der Waals surface area contributed by atoms with Crippen molar-refractivity contribution in [3.63, 3.8) is 0 Å². The molecule has 1 saturated heterocycles. The minimum atomic E-state index is 0.475. The molecule has 0 aliphatic carbocycles. The Bertz CT molecular complexity index is 480. The fourth-order valence-corrected chi connectivity index (χ4v) is 3.28. The molecule has 0 bridgehead atoms. The molecule has 0 radical (unpaired) electrons. The van der Waals surface area contributed by atoms with Crippen LogP contribution in [-0.2, 0) is 0 Å². The lowest BCUT2D eigenvalue weighted by atomic mass is 9.82. The van der Waals surface area contributed by atoms with E-state index in [1.807, 2.05) is 6.92 Å². The lowest BCUT2D eigenvalue weighted by Gasteiger charge is -2.27. The molecule has 0 saturated carbocycles. The van der Waals surface area contributed by atoms with Crippen LogP contribution < -0.4 is 10.2 Å². The minimum absolute atomic E-state index is 0.475. The van der Waals surface area contributed by atoms with Crippen LogP contribution >= 0.6 is 0 Å². The smallest absolute Gasteiger partial charge is 0.137 e. The first-order chi connectivity index (χ1) is 10.0. The van der Waals surface area contributed by atoms with E-state index in [2.05, 4.69) is 42.9 Å². The second-order valence-corrected chi connectivity index (χ2v) is 6.37. The summed E-state index contributed by atoms with van der Waals surface area (Å²) in [6.07, 6.45) is 4.89. The van der Waals surface area contributed by atoms with Crippen molar-refractivity contribution in [3.05, 3.63) is 11.4 Å². The van der Waals surface area contributed by atoms with Crippen LogP contribution in [0.15, 0.2) is 0 Å². The summed E-state index contributed by atoms with van der Waals surface area (Å²) in [5.41, 5.74) is 1.67. The molecule has 1 aliphatic heterocycles. The van der Waals surface area contributed by atoms with Crippen molar-refractivity contribution < 1.29 is 0 Å². The zero-order chi connectivity index (χ0) is 15.5. The SMILES string of the molecule is CCCNc1nc(C)nc(N2CCC(CC)(CC)C2)c1C. The van der Waals surface area contributed by atoms with E-state index in [1.54, 1.807) is 0 Å². The summed E-state index contributed by atoms with van der Waals surface area (Å²) in [5.74, 6) is 2.99. The van der Waals surface area contributed by atoms with E-state index in [0.717, 1.165) is 43.5 Å². The van der Waals surface area contributed by atoms with Crippen LogP contribution in [0.3, 0.4) is 0 Å². The van der Waals surface area contributed by atoms with Gasteiger partial charge >= 0.3 is 0 Å². The monoisotopic (exact) mass is 290 g/mol. The molecule has 1 aromatic heterocycles. The number of hydrogen-bond donors (Lipinski definition) is 1. The van der Waals surface area contributed by atoms with Crippen molar-refractivity contribution in [2.75, 3.05) is 29.9 Å². The van der Waals surface area contributed by atoms with Crippen molar-refractivity contribution in [1.82, 2.24) is 9.97 Å². The molecule has 21 heavy (non-hydrogen) atoms. The Hall–Kier alpha value is -1.32. The van der Waals surface area contributed by atoms with Crippen LogP contribution in [-0.4, -0.2) is 29.6 Å². The number of aryl methyl sites for hydroxylation is 1. The highest BCUT2D eigenvalue weighted by Gasteiger charge is 2.36. The van der Waals surface area contributed by atoms with Crippen LogP contribution in [0.4, 0.5) is 11.6 Å². The van der Waals surface area contributed by atoms with Gasteiger partial charge in [0, 0.05) is 25.2 Å². The summed E-state index contributed by atoms with van der Waals surface area (Å²) in [4.78, 5) is 11.8. The van der Waals surface area contributed by atoms with E-state index < -0.39 is 0 Å². The van der Waals surface area contributed by atoms with Gasteiger partial charge in [-0.3, -0.25) is 0 Å². The highest BCUT2D eigenvalue weighted by molar-refractivity contribution is 5.59. The maximum absolute atomic E-state index is 4.73. The summed E-state index contributed by atoms with van der Waals surface area (Å²) >= 11 is 0. The van der Waals surface area contributed by atoms with Gasteiger partial charge in [-0.05, 0) is 44.9 Å². The number of nitrogens with zero attached hydrogens (tertiary/aromatic N) is 3. The molecule has 118 valence electrons. The molecule has 0 unspecified atom stereocenters. The summed E-state index contributed by atoms with van der Waals surface area (Å²) in [7, 11) is 0. The third-order valence-corrected chi connectivity index (χ3v) is 5.01. The van der Waals surface area contributed by atoms with Crippen LogP contribution in [0.5, 0.6) is 0 Å². The lowest BCUT2D eigenvalue weighted by Crippen LogP contribution is -2.28. The van der Waals surface area contributed by atoms with Gasteiger partial charge in [0.1, 0.15) is 17.5 Å². The van der Waals surface area contributed by atoms with Crippen LogP contribution in [0.2, 0.25) is 0 Å².